The molecule has 8 heteroatoms. The molecule has 2 aliphatic heterocycles. The van der Waals surface area contributed by atoms with E-state index < -0.39 is 23.7 Å². The van der Waals surface area contributed by atoms with Crippen molar-refractivity contribution in [3.05, 3.63) is 35.9 Å². The fourth-order valence-electron chi connectivity index (χ4n) is 4.68. The van der Waals surface area contributed by atoms with E-state index in [0.717, 1.165) is 31.2 Å². The number of amides is 2. The molecule has 2 heterocycles. The minimum atomic E-state index is -0.978. The lowest BCUT2D eigenvalue weighted by molar-refractivity contribution is -0.143. The molecule has 1 N–H and O–H groups in total. The number of ether oxygens (including phenoxy) is 2. The molecule has 0 bridgehead atoms. The van der Waals surface area contributed by atoms with E-state index in [9.17, 15) is 19.5 Å². The van der Waals surface area contributed by atoms with Gasteiger partial charge in [0, 0.05) is 19.6 Å². The number of hydrogen-bond acceptors (Lipinski definition) is 5. The van der Waals surface area contributed by atoms with Gasteiger partial charge in [-0.05, 0) is 70.3 Å². The molecule has 2 saturated heterocycles. The van der Waals surface area contributed by atoms with Crippen molar-refractivity contribution in [2.24, 2.45) is 11.8 Å². The third-order valence-electron chi connectivity index (χ3n) is 6.43. The Hall–Kier alpha value is -2.77. The molecule has 2 aliphatic rings. The molecule has 33 heavy (non-hydrogen) atoms. The van der Waals surface area contributed by atoms with Crippen molar-refractivity contribution in [3.8, 4) is 0 Å². The second-order valence-electron chi connectivity index (χ2n) is 10.1. The minimum Gasteiger partial charge on any atom is -0.480 e. The van der Waals surface area contributed by atoms with Crippen molar-refractivity contribution in [2.75, 3.05) is 19.6 Å². The van der Waals surface area contributed by atoms with Crippen LogP contribution < -0.4 is 0 Å². The topological polar surface area (TPSA) is 96.4 Å². The molecule has 0 aromatic heterocycles. The largest absolute Gasteiger partial charge is 0.480 e. The first-order valence-electron chi connectivity index (χ1n) is 11.8. The van der Waals surface area contributed by atoms with Gasteiger partial charge < -0.3 is 19.5 Å². The summed E-state index contributed by atoms with van der Waals surface area (Å²) in [7, 11) is 0. The van der Waals surface area contributed by atoms with Gasteiger partial charge in [-0.25, -0.2) is 14.4 Å². The predicted octanol–water partition coefficient (Wildman–Crippen LogP) is 4.53. The number of carboxylic acids is 1. The second kappa shape index (κ2) is 10.9. The van der Waals surface area contributed by atoms with E-state index in [-0.39, 0.29) is 18.6 Å². The summed E-state index contributed by atoms with van der Waals surface area (Å²) in [5.41, 5.74) is 0.363. The number of nitrogens with zero attached hydrogens (tertiary/aromatic N) is 2. The molecule has 0 saturated carbocycles. The third kappa shape index (κ3) is 7.11. The summed E-state index contributed by atoms with van der Waals surface area (Å²) >= 11 is 0. The Kier molecular flexibility index (Phi) is 8.21. The molecule has 182 valence electrons. The molecule has 0 aliphatic carbocycles. The van der Waals surface area contributed by atoms with Gasteiger partial charge in [-0.15, -0.1) is 0 Å². The Bertz CT molecular complexity index is 814. The van der Waals surface area contributed by atoms with E-state index in [4.69, 9.17) is 9.47 Å². The predicted molar refractivity (Wildman–Crippen MR) is 123 cm³/mol. The zero-order chi connectivity index (χ0) is 24.0. The van der Waals surface area contributed by atoms with Gasteiger partial charge in [-0.1, -0.05) is 30.3 Å². The zero-order valence-electron chi connectivity index (χ0n) is 19.9. The summed E-state index contributed by atoms with van der Waals surface area (Å²) in [6.07, 6.45) is 3.22. The van der Waals surface area contributed by atoms with Gasteiger partial charge in [-0.2, -0.15) is 0 Å². The Morgan fingerprint density at radius 2 is 1.64 bits per heavy atom. The number of carbonyl (C=O) groups is 3. The quantitative estimate of drug-likeness (QED) is 0.670. The van der Waals surface area contributed by atoms with Crippen molar-refractivity contribution in [1.29, 1.82) is 0 Å². The monoisotopic (exact) mass is 460 g/mol. The van der Waals surface area contributed by atoms with Gasteiger partial charge in [-0.3, -0.25) is 4.90 Å². The Morgan fingerprint density at radius 1 is 0.970 bits per heavy atom. The number of aliphatic carboxylic acids is 1. The normalized spacial score (nSPS) is 21.7. The van der Waals surface area contributed by atoms with Crippen LogP contribution in [0.5, 0.6) is 0 Å². The Balaban J connectivity index is 1.46. The second-order valence-corrected chi connectivity index (χ2v) is 10.1. The minimum absolute atomic E-state index is 0.0874. The fourth-order valence-corrected chi connectivity index (χ4v) is 4.68. The molecule has 0 radical (unpaired) electrons. The summed E-state index contributed by atoms with van der Waals surface area (Å²) in [4.78, 5) is 39.9. The number of carbonyl (C=O) groups excluding carboxylic acids is 2. The molecule has 2 fully saturated rings. The fraction of sp³-hybridized carbons (Fsp3) is 0.640. The molecule has 1 aromatic rings. The number of rotatable bonds is 6. The highest BCUT2D eigenvalue weighted by Gasteiger charge is 2.42. The molecular weight excluding hydrogens is 424 g/mol. The third-order valence-corrected chi connectivity index (χ3v) is 6.43. The number of likely N-dealkylation sites (tertiary alicyclic amines) is 2. The van der Waals surface area contributed by atoms with Crippen molar-refractivity contribution in [3.63, 3.8) is 0 Å². The molecule has 8 nitrogen and oxygen atoms in total. The van der Waals surface area contributed by atoms with Crippen molar-refractivity contribution < 1.29 is 29.0 Å². The van der Waals surface area contributed by atoms with Crippen LogP contribution in [0.2, 0.25) is 0 Å². The smallest absolute Gasteiger partial charge is 0.410 e. The lowest BCUT2D eigenvalue weighted by Crippen LogP contribution is -2.44. The highest BCUT2D eigenvalue weighted by molar-refractivity contribution is 5.81. The Labute approximate surface area is 195 Å². The molecule has 3 rings (SSSR count). The summed E-state index contributed by atoms with van der Waals surface area (Å²) in [5.74, 6) is -0.623. The van der Waals surface area contributed by atoms with Gasteiger partial charge in [0.15, 0.2) is 0 Å². The van der Waals surface area contributed by atoms with E-state index >= 15 is 0 Å². The summed E-state index contributed by atoms with van der Waals surface area (Å²) in [6, 6.07) is 8.50. The maximum absolute atomic E-state index is 12.6. The molecule has 1 aromatic carbocycles. The lowest BCUT2D eigenvalue weighted by Gasteiger charge is -2.34. The average molecular weight is 461 g/mol. The molecule has 2 atom stereocenters. The highest BCUT2D eigenvalue weighted by Crippen LogP contribution is 2.33. The van der Waals surface area contributed by atoms with Crippen LogP contribution in [0.15, 0.2) is 30.3 Å². The summed E-state index contributed by atoms with van der Waals surface area (Å²) in [5, 5.41) is 9.81. The highest BCUT2D eigenvalue weighted by atomic mass is 16.6. The van der Waals surface area contributed by atoms with Crippen LogP contribution >= 0.6 is 0 Å². The van der Waals surface area contributed by atoms with Gasteiger partial charge >= 0.3 is 18.2 Å². The first-order valence-corrected chi connectivity index (χ1v) is 11.8. The van der Waals surface area contributed by atoms with Gasteiger partial charge in [0.2, 0.25) is 0 Å². The van der Waals surface area contributed by atoms with Gasteiger partial charge in [0.05, 0.1) is 0 Å². The van der Waals surface area contributed by atoms with Crippen LogP contribution in [0.1, 0.15) is 58.4 Å². The van der Waals surface area contributed by atoms with E-state index in [1.165, 1.54) is 4.90 Å². The standard InChI is InChI=1S/C25H36N2O6/c1-25(2,3)33-23(30)26-14-11-18(12-15-26)9-10-20-13-16-27(21(20)22(28)29)24(31)32-17-19-7-5-4-6-8-19/h4-8,18,20-21H,9-17H2,1-3H3,(H,28,29)/t20-,21+/m1/s1. The van der Waals surface area contributed by atoms with Crippen LogP contribution in [-0.4, -0.2) is 64.3 Å². The molecule has 0 unspecified atom stereocenters. The van der Waals surface area contributed by atoms with Crippen molar-refractivity contribution >= 4 is 18.2 Å². The van der Waals surface area contributed by atoms with Crippen LogP contribution in [-0.2, 0) is 20.9 Å². The van der Waals surface area contributed by atoms with Gasteiger partial charge in [0.1, 0.15) is 18.2 Å². The van der Waals surface area contributed by atoms with Crippen molar-refractivity contribution in [2.45, 2.75) is 71.1 Å². The van der Waals surface area contributed by atoms with E-state index in [2.05, 4.69) is 0 Å². The molecular formula is C25H36N2O6. The van der Waals surface area contributed by atoms with Crippen LogP contribution in [0, 0.1) is 11.8 Å². The first-order chi connectivity index (χ1) is 15.6. The molecule has 0 spiro atoms. The SMILES string of the molecule is CC(C)(C)OC(=O)N1CCC(CC[C@@H]2CCN(C(=O)OCc3ccccc3)[C@@H]2C(=O)O)CC1. The maximum Gasteiger partial charge on any atom is 0.410 e. The van der Waals surface area contributed by atoms with Crippen LogP contribution in [0.25, 0.3) is 0 Å². The average Bonchev–Trinajstić information content (AvgIpc) is 3.20. The van der Waals surface area contributed by atoms with E-state index in [1.54, 1.807) is 4.90 Å². The number of benzene rings is 1. The lowest BCUT2D eigenvalue weighted by atomic mass is 9.86. The number of carboxylic acid groups (broad SMARTS) is 1. The van der Waals surface area contributed by atoms with E-state index in [1.807, 2.05) is 51.1 Å². The number of piperidine rings is 1. The first kappa shape index (κ1) is 24.9. The van der Waals surface area contributed by atoms with Crippen LogP contribution in [0.4, 0.5) is 9.59 Å². The van der Waals surface area contributed by atoms with Crippen LogP contribution in [0.3, 0.4) is 0 Å². The maximum atomic E-state index is 12.6. The number of hydrogen-bond donors (Lipinski definition) is 1. The van der Waals surface area contributed by atoms with Gasteiger partial charge in [0.25, 0.3) is 0 Å². The van der Waals surface area contributed by atoms with E-state index in [0.29, 0.717) is 32.0 Å². The van der Waals surface area contributed by atoms with Crippen molar-refractivity contribution in [1.82, 2.24) is 9.80 Å². The Morgan fingerprint density at radius 3 is 2.24 bits per heavy atom. The summed E-state index contributed by atoms with van der Waals surface area (Å²) in [6.45, 7) is 7.42. The summed E-state index contributed by atoms with van der Waals surface area (Å²) < 4.78 is 10.8. The molecule has 2 amide bonds. The zero-order valence-corrected chi connectivity index (χ0v) is 19.9.